The van der Waals surface area contributed by atoms with Crippen molar-refractivity contribution >= 4 is 29.0 Å². The molecule has 2 aromatic carbocycles. The minimum absolute atomic E-state index is 0.0267. The van der Waals surface area contributed by atoms with E-state index >= 15 is 0 Å². The molecule has 0 spiro atoms. The number of anilines is 2. The van der Waals surface area contributed by atoms with Gasteiger partial charge in [-0.2, -0.15) is 0 Å². The molecule has 25 heavy (non-hydrogen) atoms. The number of nitrogens with zero attached hydrogens (tertiary/aromatic N) is 2. The van der Waals surface area contributed by atoms with Gasteiger partial charge in [0.15, 0.2) is 0 Å². The number of aryl methyl sites for hydroxylation is 2. The highest BCUT2D eigenvalue weighted by Gasteiger charge is 2.22. The molecule has 132 valence electrons. The first kappa shape index (κ1) is 17.6. The van der Waals surface area contributed by atoms with Gasteiger partial charge in [-0.25, -0.2) is 4.79 Å². The topological polar surface area (TPSA) is 35.6 Å². The van der Waals surface area contributed by atoms with Crippen LogP contribution in [0.3, 0.4) is 0 Å². The van der Waals surface area contributed by atoms with Crippen molar-refractivity contribution in [2.24, 2.45) is 0 Å². The third-order valence-corrected chi connectivity index (χ3v) is 5.15. The van der Waals surface area contributed by atoms with Crippen LogP contribution in [0.4, 0.5) is 16.2 Å². The van der Waals surface area contributed by atoms with Crippen molar-refractivity contribution in [3.05, 3.63) is 58.1 Å². The van der Waals surface area contributed by atoms with Gasteiger partial charge in [0.1, 0.15) is 0 Å². The van der Waals surface area contributed by atoms with Crippen LogP contribution in [0.1, 0.15) is 16.7 Å². The van der Waals surface area contributed by atoms with Crippen molar-refractivity contribution in [3.63, 3.8) is 0 Å². The first-order valence-electron chi connectivity index (χ1n) is 8.59. The van der Waals surface area contributed by atoms with E-state index in [1.807, 2.05) is 36.1 Å². The highest BCUT2D eigenvalue weighted by Crippen LogP contribution is 2.25. The van der Waals surface area contributed by atoms with E-state index in [0.29, 0.717) is 13.1 Å². The number of urea groups is 1. The summed E-state index contributed by atoms with van der Waals surface area (Å²) in [4.78, 5) is 16.8. The summed E-state index contributed by atoms with van der Waals surface area (Å²) in [5.41, 5.74) is 5.55. The van der Waals surface area contributed by atoms with E-state index in [-0.39, 0.29) is 6.03 Å². The van der Waals surface area contributed by atoms with Gasteiger partial charge in [-0.3, -0.25) is 0 Å². The lowest BCUT2D eigenvalue weighted by Crippen LogP contribution is -2.50. The molecule has 4 nitrogen and oxygen atoms in total. The maximum atomic E-state index is 12.6. The summed E-state index contributed by atoms with van der Waals surface area (Å²) in [7, 11) is 0. The Morgan fingerprint density at radius 3 is 2.40 bits per heavy atom. The predicted molar refractivity (Wildman–Crippen MR) is 105 cm³/mol. The summed E-state index contributed by atoms with van der Waals surface area (Å²) in [6.45, 7) is 9.22. The van der Waals surface area contributed by atoms with Gasteiger partial charge in [0.2, 0.25) is 0 Å². The Kier molecular flexibility index (Phi) is 5.19. The highest BCUT2D eigenvalue weighted by atomic mass is 35.5. The van der Waals surface area contributed by atoms with E-state index in [0.717, 1.165) is 29.4 Å². The van der Waals surface area contributed by atoms with Crippen LogP contribution in [0.5, 0.6) is 0 Å². The molecular formula is C20H24ClN3O. The number of benzene rings is 2. The van der Waals surface area contributed by atoms with Crippen LogP contribution in [0.2, 0.25) is 5.02 Å². The van der Waals surface area contributed by atoms with E-state index in [4.69, 9.17) is 11.6 Å². The van der Waals surface area contributed by atoms with E-state index in [9.17, 15) is 4.79 Å². The molecule has 1 aliphatic heterocycles. The van der Waals surface area contributed by atoms with Crippen LogP contribution in [-0.2, 0) is 0 Å². The number of halogens is 1. The minimum atomic E-state index is -0.0267. The molecule has 0 radical (unpaired) electrons. The number of carbonyl (C=O) groups is 1. The molecule has 5 heteroatoms. The second kappa shape index (κ2) is 7.36. The zero-order valence-electron chi connectivity index (χ0n) is 15.0. The van der Waals surface area contributed by atoms with Gasteiger partial charge in [0.25, 0.3) is 0 Å². The van der Waals surface area contributed by atoms with E-state index < -0.39 is 0 Å². The molecule has 0 saturated carbocycles. The number of nitrogens with one attached hydrogen (secondary N) is 1. The molecule has 0 unspecified atom stereocenters. The van der Waals surface area contributed by atoms with Crippen molar-refractivity contribution < 1.29 is 4.79 Å². The first-order valence-corrected chi connectivity index (χ1v) is 8.97. The molecule has 1 saturated heterocycles. The Labute approximate surface area is 154 Å². The second-order valence-corrected chi connectivity index (χ2v) is 7.02. The molecule has 1 heterocycles. The molecule has 1 N–H and O–H groups in total. The SMILES string of the molecule is Cc1cc(Cl)ccc1N1CCN(C(=O)Nc2cccc(C)c2C)CC1. The molecule has 3 rings (SSSR count). The Morgan fingerprint density at radius 1 is 1.00 bits per heavy atom. The monoisotopic (exact) mass is 357 g/mol. The molecule has 0 aliphatic carbocycles. The van der Waals surface area contributed by atoms with Crippen molar-refractivity contribution in [2.45, 2.75) is 20.8 Å². The van der Waals surface area contributed by atoms with Crippen LogP contribution in [-0.4, -0.2) is 37.1 Å². The number of rotatable bonds is 2. The van der Waals surface area contributed by atoms with Gasteiger partial charge in [-0.15, -0.1) is 0 Å². The Balaban J connectivity index is 1.62. The van der Waals surface area contributed by atoms with Gasteiger partial charge in [0, 0.05) is 42.6 Å². The third-order valence-electron chi connectivity index (χ3n) is 4.91. The summed E-state index contributed by atoms with van der Waals surface area (Å²) < 4.78 is 0. The second-order valence-electron chi connectivity index (χ2n) is 6.58. The maximum absolute atomic E-state index is 12.6. The van der Waals surface area contributed by atoms with Crippen molar-refractivity contribution in [1.82, 2.24) is 4.90 Å². The van der Waals surface area contributed by atoms with Crippen molar-refractivity contribution in [3.8, 4) is 0 Å². The normalized spacial score (nSPS) is 14.6. The van der Waals surface area contributed by atoms with Crippen LogP contribution in [0.15, 0.2) is 36.4 Å². The summed E-state index contributed by atoms with van der Waals surface area (Å²) in [6.07, 6.45) is 0. The number of hydrogen-bond donors (Lipinski definition) is 1. The molecule has 0 aromatic heterocycles. The Bertz CT molecular complexity index is 783. The van der Waals surface area contributed by atoms with Crippen LogP contribution in [0.25, 0.3) is 0 Å². The van der Waals surface area contributed by atoms with Gasteiger partial charge >= 0.3 is 6.03 Å². The quantitative estimate of drug-likeness (QED) is 0.851. The van der Waals surface area contributed by atoms with Crippen LogP contribution < -0.4 is 10.2 Å². The average Bonchev–Trinajstić information content (AvgIpc) is 2.59. The van der Waals surface area contributed by atoms with E-state index in [1.54, 1.807) is 0 Å². The van der Waals surface area contributed by atoms with Gasteiger partial charge < -0.3 is 15.1 Å². The summed E-state index contributed by atoms with van der Waals surface area (Å²) in [6, 6.07) is 11.9. The summed E-state index contributed by atoms with van der Waals surface area (Å²) in [5.74, 6) is 0. The molecule has 1 fully saturated rings. The number of piperazine rings is 1. The zero-order valence-corrected chi connectivity index (χ0v) is 15.7. The van der Waals surface area contributed by atoms with Crippen LogP contribution in [0, 0.1) is 20.8 Å². The number of carbonyl (C=O) groups excluding carboxylic acids is 1. The van der Waals surface area contributed by atoms with Gasteiger partial charge in [-0.1, -0.05) is 23.7 Å². The molecular weight excluding hydrogens is 334 g/mol. The van der Waals surface area contributed by atoms with Gasteiger partial charge in [0.05, 0.1) is 0 Å². The van der Waals surface area contributed by atoms with Crippen LogP contribution >= 0.6 is 11.6 Å². The molecule has 0 atom stereocenters. The van der Waals surface area contributed by atoms with Crippen molar-refractivity contribution in [1.29, 1.82) is 0 Å². The third kappa shape index (κ3) is 3.90. The number of hydrogen-bond acceptors (Lipinski definition) is 2. The largest absolute Gasteiger partial charge is 0.368 e. The minimum Gasteiger partial charge on any atom is -0.368 e. The fraction of sp³-hybridized carbons (Fsp3) is 0.350. The zero-order chi connectivity index (χ0) is 18.0. The van der Waals surface area contributed by atoms with Gasteiger partial charge in [-0.05, 0) is 61.7 Å². The average molecular weight is 358 g/mol. The Morgan fingerprint density at radius 2 is 1.72 bits per heavy atom. The van der Waals surface area contributed by atoms with Crippen molar-refractivity contribution in [2.75, 3.05) is 36.4 Å². The fourth-order valence-electron chi connectivity index (χ4n) is 3.20. The highest BCUT2D eigenvalue weighted by molar-refractivity contribution is 6.30. The number of amides is 2. The molecule has 1 aliphatic rings. The van der Waals surface area contributed by atoms with E-state index in [2.05, 4.69) is 36.2 Å². The lowest BCUT2D eigenvalue weighted by atomic mass is 10.1. The smallest absolute Gasteiger partial charge is 0.321 e. The first-order chi connectivity index (χ1) is 12.0. The Hall–Kier alpha value is -2.20. The molecule has 2 aromatic rings. The van der Waals surface area contributed by atoms with E-state index in [1.165, 1.54) is 16.8 Å². The lowest BCUT2D eigenvalue weighted by Gasteiger charge is -2.36. The molecule has 2 amide bonds. The lowest BCUT2D eigenvalue weighted by molar-refractivity contribution is 0.208. The molecule has 0 bridgehead atoms. The standard InChI is InChI=1S/C20H24ClN3O/c1-14-5-4-6-18(16(14)3)22-20(25)24-11-9-23(10-12-24)19-8-7-17(21)13-15(19)2/h4-8,13H,9-12H2,1-3H3,(H,22,25). The predicted octanol–water partition coefficient (Wildman–Crippen LogP) is 4.62. The fourth-order valence-corrected chi connectivity index (χ4v) is 3.43. The summed E-state index contributed by atoms with van der Waals surface area (Å²) in [5, 5.41) is 3.80. The summed E-state index contributed by atoms with van der Waals surface area (Å²) >= 11 is 6.04. The maximum Gasteiger partial charge on any atom is 0.321 e.